The monoisotopic (exact) mass is 299 g/mol. The molecule has 0 unspecified atom stereocenters. The third kappa shape index (κ3) is 5.46. The maximum absolute atomic E-state index is 13.6. The summed E-state index contributed by atoms with van der Waals surface area (Å²) < 4.78 is 14.4. The van der Waals surface area contributed by atoms with E-state index in [4.69, 9.17) is 0 Å². The number of rotatable bonds is 6. The van der Waals surface area contributed by atoms with Gasteiger partial charge in [-0.3, -0.25) is 0 Å². The van der Waals surface area contributed by atoms with Gasteiger partial charge in [0.25, 0.3) is 0 Å². The van der Waals surface area contributed by atoms with E-state index in [9.17, 15) is 4.39 Å². The molecule has 0 saturated carbocycles. The fourth-order valence-electron chi connectivity index (χ4n) is 1.64. The molecule has 1 N–H and O–H groups in total. The normalized spacial score (nSPS) is 11.9. The molecule has 0 spiro atoms. The fraction of sp³-hybridized carbons (Fsp3) is 0.429. The van der Waals surface area contributed by atoms with E-state index in [1.807, 2.05) is 19.1 Å². The minimum absolute atomic E-state index is 0.140. The number of hydrogen-bond donors (Lipinski definition) is 1. The Balaban J connectivity index is 2.52. The summed E-state index contributed by atoms with van der Waals surface area (Å²) in [6.45, 7) is 6.12. The van der Waals surface area contributed by atoms with Gasteiger partial charge in [-0.2, -0.15) is 0 Å². The van der Waals surface area contributed by atoms with E-state index in [0.717, 1.165) is 29.5 Å². The van der Waals surface area contributed by atoms with Crippen LogP contribution in [0.4, 0.5) is 4.39 Å². The van der Waals surface area contributed by atoms with Crippen molar-refractivity contribution in [3.8, 4) is 0 Å². The van der Waals surface area contributed by atoms with E-state index in [0.29, 0.717) is 6.42 Å². The van der Waals surface area contributed by atoms with Crippen LogP contribution >= 0.6 is 15.9 Å². The van der Waals surface area contributed by atoms with Crippen LogP contribution in [0, 0.1) is 5.82 Å². The molecule has 1 aromatic carbocycles. The average molecular weight is 300 g/mol. The predicted molar refractivity (Wildman–Crippen MR) is 74.7 cm³/mol. The molecular weight excluding hydrogens is 281 g/mol. The van der Waals surface area contributed by atoms with Crippen molar-refractivity contribution in [1.82, 2.24) is 5.32 Å². The Kier molecular flexibility index (Phi) is 6.45. The van der Waals surface area contributed by atoms with Crippen molar-refractivity contribution in [1.29, 1.82) is 0 Å². The first-order chi connectivity index (χ1) is 8.13. The van der Waals surface area contributed by atoms with Crippen molar-refractivity contribution < 1.29 is 4.39 Å². The van der Waals surface area contributed by atoms with E-state index in [1.165, 1.54) is 11.6 Å². The molecule has 0 bridgehead atoms. The maximum atomic E-state index is 13.6. The molecule has 0 aliphatic heterocycles. The average Bonchev–Trinajstić information content (AvgIpc) is 2.28. The van der Waals surface area contributed by atoms with Crippen LogP contribution in [0.1, 0.15) is 25.8 Å². The van der Waals surface area contributed by atoms with Gasteiger partial charge in [-0.15, -0.1) is 0 Å². The smallest absolute Gasteiger partial charge is 0.127 e. The van der Waals surface area contributed by atoms with Gasteiger partial charge < -0.3 is 5.32 Å². The van der Waals surface area contributed by atoms with Crippen LogP contribution in [-0.2, 0) is 6.42 Å². The van der Waals surface area contributed by atoms with Crippen LogP contribution in [-0.4, -0.2) is 13.1 Å². The summed E-state index contributed by atoms with van der Waals surface area (Å²) in [5, 5.41) is 3.26. The molecule has 0 saturated heterocycles. The number of allylic oxidation sites excluding steroid dienone is 1. The van der Waals surface area contributed by atoms with Gasteiger partial charge in [-0.1, -0.05) is 40.6 Å². The van der Waals surface area contributed by atoms with E-state index in [2.05, 4.69) is 34.2 Å². The molecule has 0 aromatic heterocycles. The Morgan fingerprint density at radius 1 is 1.47 bits per heavy atom. The molecule has 0 fully saturated rings. The van der Waals surface area contributed by atoms with Crippen LogP contribution in [0.25, 0.3) is 0 Å². The predicted octanol–water partition coefficient (Wildman–Crippen LogP) is 4.08. The molecule has 1 nitrogen and oxygen atoms in total. The summed E-state index contributed by atoms with van der Waals surface area (Å²) in [7, 11) is 0. The van der Waals surface area contributed by atoms with Crippen molar-refractivity contribution in [2.45, 2.75) is 26.7 Å². The molecular formula is C14H19BrFN. The van der Waals surface area contributed by atoms with Crippen LogP contribution in [0.5, 0.6) is 0 Å². The van der Waals surface area contributed by atoms with Gasteiger partial charge in [-0.25, -0.2) is 4.39 Å². The zero-order chi connectivity index (χ0) is 12.7. The zero-order valence-electron chi connectivity index (χ0n) is 10.4. The lowest BCUT2D eigenvalue weighted by molar-refractivity contribution is 0.612. The Morgan fingerprint density at radius 2 is 2.24 bits per heavy atom. The van der Waals surface area contributed by atoms with E-state index < -0.39 is 0 Å². The standard InChI is InChI=1S/C14H19BrFN/c1-3-17-8-4-5-11(2)9-12-6-7-13(15)10-14(12)16/h5-7,10,17H,3-4,8-9H2,1-2H3. The van der Waals surface area contributed by atoms with E-state index in [-0.39, 0.29) is 5.82 Å². The lowest BCUT2D eigenvalue weighted by Crippen LogP contribution is -2.13. The molecule has 1 aromatic rings. The molecule has 0 radical (unpaired) electrons. The highest BCUT2D eigenvalue weighted by Gasteiger charge is 2.03. The Bertz CT molecular complexity index is 388. The minimum atomic E-state index is -0.140. The number of benzene rings is 1. The van der Waals surface area contributed by atoms with Gasteiger partial charge in [0.2, 0.25) is 0 Å². The first-order valence-electron chi connectivity index (χ1n) is 5.93. The van der Waals surface area contributed by atoms with Crippen molar-refractivity contribution >= 4 is 15.9 Å². The van der Waals surface area contributed by atoms with Gasteiger partial charge in [0.1, 0.15) is 5.82 Å². The summed E-state index contributed by atoms with van der Waals surface area (Å²) >= 11 is 3.26. The van der Waals surface area contributed by atoms with Gasteiger partial charge in [0.05, 0.1) is 0 Å². The van der Waals surface area contributed by atoms with Gasteiger partial charge in [0, 0.05) is 4.47 Å². The first-order valence-corrected chi connectivity index (χ1v) is 6.73. The number of nitrogens with one attached hydrogen (secondary N) is 1. The Labute approximate surface area is 111 Å². The summed E-state index contributed by atoms with van der Waals surface area (Å²) in [6.07, 6.45) is 3.85. The highest BCUT2D eigenvalue weighted by Crippen LogP contribution is 2.18. The molecule has 0 heterocycles. The Hall–Kier alpha value is -0.670. The van der Waals surface area contributed by atoms with Crippen molar-refractivity contribution in [2.75, 3.05) is 13.1 Å². The zero-order valence-corrected chi connectivity index (χ0v) is 12.0. The minimum Gasteiger partial charge on any atom is -0.317 e. The highest BCUT2D eigenvalue weighted by atomic mass is 79.9. The quantitative estimate of drug-likeness (QED) is 0.616. The van der Waals surface area contributed by atoms with Gasteiger partial charge >= 0.3 is 0 Å². The van der Waals surface area contributed by atoms with Gasteiger partial charge in [0.15, 0.2) is 0 Å². The summed E-state index contributed by atoms with van der Waals surface area (Å²) in [5.74, 6) is -0.140. The second-order valence-corrected chi connectivity index (χ2v) is 5.02. The maximum Gasteiger partial charge on any atom is 0.127 e. The molecule has 0 aliphatic rings. The SMILES string of the molecule is CCNCCC=C(C)Cc1ccc(Br)cc1F. The fourth-order valence-corrected chi connectivity index (χ4v) is 1.97. The second-order valence-electron chi connectivity index (χ2n) is 4.11. The molecule has 0 aliphatic carbocycles. The Morgan fingerprint density at radius 3 is 2.88 bits per heavy atom. The van der Waals surface area contributed by atoms with Crippen LogP contribution in [0.15, 0.2) is 34.3 Å². The van der Waals surface area contributed by atoms with E-state index in [1.54, 1.807) is 0 Å². The summed E-state index contributed by atoms with van der Waals surface area (Å²) in [5.41, 5.74) is 1.97. The largest absolute Gasteiger partial charge is 0.317 e. The molecule has 1 rings (SSSR count). The van der Waals surface area contributed by atoms with E-state index >= 15 is 0 Å². The molecule has 0 amide bonds. The van der Waals surface area contributed by atoms with Gasteiger partial charge in [-0.05, 0) is 50.6 Å². The third-order valence-electron chi connectivity index (χ3n) is 2.55. The number of halogens is 2. The number of hydrogen-bond acceptors (Lipinski definition) is 1. The molecule has 17 heavy (non-hydrogen) atoms. The van der Waals surface area contributed by atoms with Crippen LogP contribution in [0.2, 0.25) is 0 Å². The topological polar surface area (TPSA) is 12.0 Å². The van der Waals surface area contributed by atoms with Crippen LogP contribution < -0.4 is 5.32 Å². The molecule has 3 heteroatoms. The lowest BCUT2D eigenvalue weighted by atomic mass is 10.1. The molecule has 0 atom stereocenters. The lowest BCUT2D eigenvalue weighted by Gasteiger charge is -2.05. The second kappa shape index (κ2) is 7.62. The molecule has 94 valence electrons. The van der Waals surface area contributed by atoms with Crippen molar-refractivity contribution in [3.05, 3.63) is 45.7 Å². The summed E-state index contributed by atoms with van der Waals surface area (Å²) in [6, 6.07) is 5.23. The van der Waals surface area contributed by atoms with Crippen molar-refractivity contribution in [3.63, 3.8) is 0 Å². The summed E-state index contributed by atoms with van der Waals surface area (Å²) in [4.78, 5) is 0. The third-order valence-corrected chi connectivity index (χ3v) is 3.04. The highest BCUT2D eigenvalue weighted by molar-refractivity contribution is 9.10. The first kappa shape index (κ1) is 14.4. The van der Waals surface area contributed by atoms with Crippen LogP contribution in [0.3, 0.4) is 0 Å². The van der Waals surface area contributed by atoms with Crippen molar-refractivity contribution in [2.24, 2.45) is 0 Å².